The van der Waals surface area contributed by atoms with Gasteiger partial charge in [0.1, 0.15) is 18.1 Å². The number of ether oxygens (including phenoxy) is 2. The topological polar surface area (TPSA) is 42.0 Å². The molecule has 5 heteroatoms. The summed E-state index contributed by atoms with van der Waals surface area (Å²) >= 11 is 0. The van der Waals surface area contributed by atoms with Crippen LogP contribution in [0.3, 0.4) is 0 Å². The zero-order chi connectivity index (χ0) is 20.8. The fourth-order valence-corrected chi connectivity index (χ4v) is 3.59. The molecule has 0 bridgehead atoms. The van der Waals surface area contributed by atoms with Crippen molar-refractivity contribution >= 4 is 11.6 Å². The standard InChI is InChI=1S/C25H26N2O3/c1-29-24-9-5-8-22(18-24)26-14-16-27(17-15-26)25(28)21-10-12-23(13-11-21)30-19-20-6-3-2-4-7-20/h2-13,18H,14-17,19H2,1H3. The molecule has 4 rings (SSSR count). The second-order valence-electron chi connectivity index (χ2n) is 7.28. The van der Waals surface area contributed by atoms with Gasteiger partial charge in [-0.1, -0.05) is 36.4 Å². The molecule has 154 valence electrons. The van der Waals surface area contributed by atoms with Crippen LogP contribution >= 0.6 is 0 Å². The van der Waals surface area contributed by atoms with Crippen LogP contribution in [-0.2, 0) is 6.61 Å². The van der Waals surface area contributed by atoms with Gasteiger partial charge in [0.2, 0.25) is 0 Å². The van der Waals surface area contributed by atoms with Gasteiger partial charge >= 0.3 is 0 Å². The van der Waals surface area contributed by atoms with Crippen molar-refractivity contribution in [2.45, 2.75) is 6.61 Å². The lowest BCUT2D eigenvalue weighted by Crippen LogP contribution is -2.48. The number of rotatable bonds is 6. The number of carbonyl (C=O) groups excluding carboxylic acids is 1. The van der Waals surface area contributed by atoms with Gasteiger partial charge in [-0.25, -0.2) is 0 Å². The number of carbonyl (C=O) groups is 1. The summed E-state index contributed by atoms with van der Waals surface area (Å²) in [5.74, 6) is 1.67. The van der Waals surface area contributed by atoms with E-state index in [4.69, 9.17) is 9.47 Å². The van der Waals surface area contributed by atoms with Crippen molar-refractivity contribution in [3.05, 3.63) is 90.0 Å². The van der Waals surface area contributed by atoms with Gasteiger partial charge in [-0.3, -0.25) is 4.79 Å². The van der Waals surface area contributed by atoms with Gasteiger partial charge < -0.3 is 19.3 Å². The number of amides is 1. The molecular weight excluding hydrogens is 376 g/mol. The van der Waals surface area contributed by atoms with Gasteiger partial charge in [-0.15, -0.1) is 0 Å². The Labute approximate surface area is 177 Å². The molecule has 3 aromatic rings. The quantitative estimate of drug-likeness (QED) is 0.619. The molecule has 1 amide bonds. The minimum Gasteiger partial charge on any atom is -0.497 e. The van der Waals surface area contributed by atoms with Gasteiger partial charge in [0.05, 0.1) is 7.11 Å². The zero-order valence-corrected chi connectivity index (χ0v) is 17.2. The molecule has 1 fully saturated rings. The van der Waals surface area contributed by atoms with Crippen LogP contribution in [0.4, 0.5) is 5.69 Å². The van der Waals surface area contributed by atoms with Gasteiger partial charge in [0, 0.05) is 43.5 Å². The maximum atomic E-state index is 12.9. The third-order valence-corrected chi connectivity index (χ3v) is 5.33. The summed E-state index contributed by atoms with van der Waals surface area (Å²) in [6.45, 7) is 3.51. The minimum atomic E-state index is 0.0647. The highest BCUT2D eigenvalue weighted by Gasteiger charge is 2.22. The molecule has 0 atom stereocenters. The van der Waals surface area contributed by atoms with E-state index in [9.17, 15) is 4.79 Å². The average Bonchev–Trinajstić information content (AvgIpc) is 2.83. The summed E-state index contributed by atoms with van der Waals surface area (Å²) in [6.07, 6.45) is 0. The number of hydrogen-bond acceptors (Lipinski definition) is 4. The summed E-state index contributed by atoms with van der Waals surface area (Å²) in [5, 5.41) is 0. The van der Waals surface area contributed by atoms with Crippen molar-refractivity contribution in [1.29, 1.82) is 0 Å². The van der Waals surface area contributed by atoms with Crippen LogP contribution in [-0.4, -0.2) is 44.1 Å². The van der Waals surface area contributed by atoms with Crippen LogP contribution in [0.25, 0.3) is 0 Å². The molecule has 0 saturated carbocycles. The summed E-state index contributed by atoms with van der Waals surface area (Å²) in [6, 6.07) is 25.5. The lowest BCUT2D eigenvalue weighted by atomic mass is 10.1. The van der Waals surface area contributed by atoms with Gasteiger partial charge in [0.25, 0.3) is 5.91 Å². The van der Waals surface area contributed by atoms with Crippen LogP contribution in [0, 0.1) is 0 Å². The lowest BCUT2D eigenvalue weighted by molar-refractivity contribution is 0.0746. The highest BCUT2D eigenvalue weighted by molar-refractivity contribution is 5.94. The molecule has 5 nitrogen and oxygen atoms in total. The number of anilines is 1. The van der Waals surface area contributed by atoms with E-state index >= 15 is 0 Å². The van der Waals surface area contributed by atoms with Crippen molar-refractivity contribution in [1.82, 2.24) is 4.90 Å². The summed E-state index contributed by atoms with van der Waals surface area (Å²) in [5.41, 5.74) is 2.94. The predicted octanol–water partition coefficient (Wildman–Crippen LogP) is 4.24. The van der Waals surface area contributed by atoms with Crippen molar-refractivity contribution in [3.8, 4) is 11.5 Å². The Morgan fingerprint density at radius 1 is 0.833 bits per heavy atom. The normalized spacial score (nSPS) is 13.8. The molecule has 0 aromatic heterocycles. The van der Waals surface area contributed by atoms with Crippen molar-refractivity contribution < 1.29 is 14.3 Å². The zero-order valence-electron chi connectivity index (χ0n) is 17.2. The van der Waals surface area contributed by atoms with Crippen molar-refractivity contribution in [2.24, 2.45) is 0 Å². The van der Waals surface area contributed by atoms with E-state index in [1.165, 1.54) is 0 Å². The van der Waals surface area contributed by atoms with Gasteiger partial charge in [-0.2, -0.15) is 0 Å². The number of benzene rings is 3. The SMILES string of the molecule is COc1cccc(N2CCN(C(=O)c3ccc(OCc4ccccc4)cc3)CC2)c1. The second-order valence-corrected chi connectivity index (χ2v) is 7.28. The number of piperazine rings is 1. The largest absolute Gasteiger partial charge is 0.497 e. The van der Waals surface area contributed by atoms with Gasteiger partial charge in [0.15, 0.2) is 0 Å². The lowest BCUT2D eigenvalue weighted by Gasteiger charge is -2.36. The Bertz CT molecular complexity index is 965. The minimum absolute atomic E-state index is 0.0647. The monoisotopic (exact) mass is 402 g/mol. The molecule has 0 radical (unpaired) electrons. The van der Waals surface area contributed by atoms with E-state index in [0.29, 0.717) is 25.3 Å². The van der Waals surface area contributed by atoms with Crippen LogP contribution in [0.2, 0.25) is 0 Å². The highest BCUT2D eigenvalue weighted by Crippen LogP contribution is 2.23. The fourth-order valence-electron chi connectivity index (χ4n) is 3.59. The molecule has 0 N–H and O–H groups in total. The first-order valence-corrected chi connectivity index (χ1v) is 10.2. The molecule has 0 spiro atoms. The smallest absolute Gasteiger partial charge is 0.253 e. The molecule has 30 heavy (non-hydrogen) atoms. The van der Waals surface area contributed by atoms with Crippen LogP contribution < -0.4 is 14.4 Å². The third kappa shape index (κ3) is 4.74. The molecule has 1 saturated heterocycles. The third-order valence-electron chi connectivity index (χ3n) is 5.33. The summed E-state index contributed by atoms with van der Waals surface area (Å²) in [4.78, 5) is 17.1. The van der Waals surface area contributed by atoms with Gasteiger partial charge in [-0.05, 0) is 42.0 Å². The van der Waals surface area contributed by atoms with Crippen LogP contribution in [0.15, 0.2) is 78.9 Å². The average molecular weight is 402 g/mol. The Morgan fingerprint density at radius 3 is 2.27 bits per heavy atom. The van der Waals surface area contributed by atoms with E-state index in [1.54, 1.807) is 7.11 Å². The first-order valence-electron chi connectivity index (χ1n) is 10.2. The van der Waals surface area contributed by atoms with E-state index in [2.05, 4.69) is 11.0 Å². The van der Waals surface area contributed by atoms with E-state index < -0.39 is 0 Å². The summed E-state index contributed by atoms with van der Waals surface area (Å²) < 4.78 is 11.1. The predicted molar refractivity (Wildman–Crippen MR) is 118 cm³/mol. The highest BCUT2D eigenvalue weighted by atomic mass is 16.5. The second kappa shape index (κ2) is 9.35. The van der Waals surface area contributed by atoms with Crippen LogP contribution in [0.5, 0.6) is 11.5 Å². The van der Waals surface area contributed by atoms with Crippen LogP contribution in [0.1, 0.15) is 15.9 Å². The Hall–Kier alpha value is -3.47. The fraction of sp³-hybridized carbons (Fsp3) is 0.240. The molecule has 0 unspecified atom stereocenters. The van der Waals surface area contributed by atoms with E-state index in [-0.39, 0.29) is 5.91 Å². The maximum Gasteiger partial charge on any atom is 0.253 e. The number of methoxy groups -OCH3 is 1. The Balaban J connectivity index is 1.31. The molecular formula is C25H26N2O3. The molecule has 0 aliphatic carbocycles. The number of nitrogens with zero attached hydrogens (tertiary/aromatic N) is 2. The molecule has 1 aliphatic heterocycles. The van der Waals surface area contributed by atoms with Crippen molar-refractivity contribution in [2.75, 3.05) is 38.2 Å². The first kappa shape index (κ1) is 19.8. The Kier molecular flexibility index (Phi) is 6.18. The first-order chi connectivity index (χ1) is 14.7. The maximum absolute atomic E-state index is 12.9. The molecule has 1 aliphatic rings. The molecule has 1 heterocycles. The Morgan fingerprint density at radius 2 is 1.57 bits per heavy atom. The van der Waals surface area contributed by atoms with Crippen molar-refractivity contribution in [3.63, 3.8) is 0 Å². The summed E-state index contributed by atoms with van der Waals surface area (Å²) in [7, 11) is 1.67. The molecule has 3 aromatic carbocycles. The van der Waals surface area contributed by atoms with E-state index in [0.717, 1.165) is 35.8 Å². The van der Waals surface area contributed by atoms with E-state index in [1.807, 2.05) is 77.7 Å². The number of hydrogen-bond donors (Lipinski definition) is 0.